The fourth-order valence-electron chi connectivity index (χ4n) is 0. The van der Waals surface area contributed by atoms with Gasteiger partial charge in [-0.1, -0.05) is 6.08 Å². The lowest BCUT2D eigenvalue weighted by molar-refractivity contribution is 0.278. The maximum absolute atomic E-state index is 7.17. The van der Waals surface area contributed by atoms with Crippen molar-refractivity contribution >= 4 is 16.6 Å². The zero-order chi connectivity index (χ0) is 6.99. The molecule has 0 fully saturated rings. The van der Waals surface area contributed by atoms with Crippen molar-refractivity contribution in [3.8, 4) is 0 Å². The summed E-state index contributed by atoms with van der Waals surface area (Å²) < 4.78 is 0. The van der Waals surface area contributed by atoms with E-state index < -0.39 is 7.32 Å². The lowest BCUT2D eigenvalue weighted by Crippen LogP contribution is -2.07. The summed E-state index contributed by atoms with van der Waals surface area (Å²) in [4.78, 5) is 0. The molecule has 0 saturated heterocycles. The summed E-state index contributed by atoms with van der Waals surface area (Å²) in [5.74, 6) is 0. The van der Waals surface area contributed by atoms with Gasteiger partial charge in [-0.15, -0.1) is 15.8 Å². The summed E-state index contributed by atoms with van der Waals surface area (Å²) in [6.45, 7) is 3.46. The van der Waals surface area contributed by atoms with Crippen LogP contribution in [0.15, 0.2) is 12.7 Å². The van der Waals surface area contributed by atoms with Crippen LogP contribution in [0.3, 0.4) is 0 Å². The number of rotatable bonds is 1. The van der Waals surface area contributed by atoms with Gasteiger partial charge in [-0.3, -0.25) is 0 Å². The Bertz CT molecular complexity index is 47.0. The Morgan fingerprint density at radius 1 is 1.50 bits per heavy atom. The van der Waals surface area contributed by atoms with Crippen molar-refractivity contribution < 1.29 is 15.1 Å². The summed E-state index contributed by atoms with van der Waals surface area (Å²) in [7, 11) is 0.370. The normalized spacial score (nSPS) is 6.50. The molecule has 0 aliphatic rings. The molecule has 0 aromatic rings. The highest BCUT2D eigenvalue weighted by Gasteiger charge is 1.92. The van der Waals surface area contributed by atoms with Crippen LogP contribution >= 0.6 is 9.24 Å². The van der Waals surface area contributed by atoms with Crippen molar-refractivity contribution in [1.29, 1.82) is 0 Å². The van der Waals surface area contributed by atoms with E-state index in [2.05, 4.69) is 15.8 Å². The van der Waals surface area contributed by atoms with Crippen molar-refractivity contribution in [3.63, 3.8) is 0 Å². The fraction of sp³-hybridized carbons (Fsp3) is 0.333. The molecule has 0 heterocycles. The lowest BCUT2D eigenvalue weighted by atomic mass is 10.3. The van der Waals surface area contributed by atoms with E-state index in [9.17, 15) is 0 Å². The molecule has 0 radical (unpaired) electrons. The van der Waals surface area contributed by atoms with Crippen molar-refractivity contribution in [2.24, 2.45) is 0 Å². The largest absolute Gasteiger partial charge is 0.631 e. The van der Waals surface area contributed by atoms with Crippen molar-refractivity contribution in [1.82, 2.24) is 0 Å². The number of hydrogen-bond acceptors (Lipinski definition) is 3. The van der Waals surface area contributed by atoms with E-state index in [0.29, 0.717) is 0 Å². The molecule has 1 unspecified atom stereocenters. The average Bonchev–Trinajstić information content (AvgIpc) is 1.65. The molecule has 5 heteroatoms. The van der Waals surface area contributed by atoms with Crippen LogP contribution in [-0.4, -0.2) is 28.6 Å². The minimum atomic E-state index is -2.17. The zero-order valence-electron chi connectivity index (χ0n) is 4.49. The summed E-state index contributed by atoms with van der Waals surface area (Å²) in [5, 5.41) is 21.5. The first kappa shape index (κ1) is 11.0. The van der Waals surface area contributed by atoms with Crippen LogP contribution in [0, 0.1) is 0 Å². The van der Waals surface area contributed by atoms with Crippen LogP contribution in [0.5, 0.6) is 0 Å². The molecule has 1 atom stereocenters. The van der Waals surface area contributed by atoms with Gasteiger partial charge in [-0.05, 0) is 6.16 Å². The highest BCUT2D eigenvalue weighted by atomic mass is 31.0. The Balaban J connectivity index is 0. The first-order valence-corrected chi connectivity index (χ1v) is 2.82. The molecule has 48 valence electrons. The van der Waals surface area contributed by atoms with E-state index in [0.717, 1.165) is 6.16 Å². The molecule has 0 bridgehead atoms. The van der Waals surface area contributed by atoms with Gasteiger partial charge in [0.25, 0.3) is 0 Å². The molecule has 0 aromatic carbocycles. The SMILES string of the molecule is C=CCP.OB(O)O. The zero-order valence-corrected chi connectivity index (χ0v) is 5.64. The van der Waals surface area contributed by atoms with Gasteiger partial charge in [0.15, 0.2) is 0 Å². The van der Waals surface area contributed by atoms with Gasteiger partial charge in [0.2, 0.25) is 0 Å². The molecular weight excluding hydrogens is 126 g/mol. The van der Waals surface area contributed by atoms with Crippen LogP contribution in [0.4, 0.5) is 0 Å². The van der Waals surface area contributed by atoms with Gasteiger partial charge in [-0.25, -0.2) is 0 Å². The van der Waals surface area contributed by atoms with E-state index >= 15 is 0 Å². The molecule has 0 spiro atoms. The molecule has 0 aliphatic heterocycles. The first-order chi connectivity index (χ1) is 3.65. The van der Waals surface area contributed by atoms with Crippen LogP contribution in [0.25, 0.3) is 0 Å². The monoisotopic (exact) mass is 136 g/mol. The Morgan fingerprint density at radius 2 is 1.62 bits per heavy atom. The summed E-state index contributed by atoms with van der Waals surface area (Å²) in [6.07, 6.45) is 2.84. The molecule has 0 aromatic heterocycles. The van der Waals surface area contributed by atoms with Gasteiger partial charge in [0.1, 0.15) is 0 Å². The predicted octanol–water partition coefficient (Wildman–Crippen LogP) is -1.00. The third-order valence-electron chi connectivity index (χ3n) is 0.167. The molecule has 0 amide bonds. The molecule has 0 rings (SSSR count). The quantitative estimate of drug-likeness (QED) is 0.246. The second-order valence-corrected chi connectivity index (χ2v) is 1.34. The topological polar surface area (TPSA) is 60.7 Å². The Morgan fingerprint density at radius 3 is 1.62 bits per heavy atom. The maximum atomic E-state index is 7.17. The second kappa shape index (κ2) is 10.2. The van der Waals surface area contributed by atoms with Gasteiger partial charge in [0, 0.05) is 0 Å². The summed E-state index contributed by atoms with van der Waals surface area (Å²) >= 11 is 0. The Kier molecular flexibility index (Phi) is 14.0. The Labute approximate surface area is 51.4 Å². The van der Waals surface area contributed by atoms with Gasteiger partial charge < -0.3 is 15.1 Å². The van der Waals surface area contributed by atoms with Crippen molar-refractivity contribution in [2.45, 2.75) is 0 Å². The minimum Gasteiger partial charge on any atom is -0.402 e. The van der Waals surface area contributed by atoms with Crippen molar-refractivity contribution in [3.05, 3.63) is 12.7 Å². The highest BCUT2D eigenvalue weighted by Crippen LogP contribution is 1.74. The van der Waals surface area contributed by atoms with Crippen LogP contribution in [-0.2, 0) is 0 Å². The lowest BCUT2D eigenvalue weighted by Gasteiger charge is -1.69. The minimum absolute atomic E-state index is 1.00. The highest BCUT2D eigenvalue weighted by molar-refractivity contribution is 7.16. The molecule has 3 nitrogen and oxygen atoms in total. The number of hydrogen-bond donors (Lipinski definition) is 3. The van der Waals surface area contributed by atoms with Crippen molar-refractivity contribution in [2.75, 3.05) is 6.16 Å². The van der Waals surface area contributed by atoms with Gasteiger partial charge in [0.05, 0.1) is 0 Å². The first-order valence-electron chi connectivity index (χ1n) is 2.00. The van der Waals surface area contributed by atoms with E-state index in [4.69, 9.17) is 15.1 Å². The molecule has 8 heavy (non-hydrogen) atoms. The fourth-order valence-corrected chi connectivity index (χ4v) is 0. The van der Waals surface area contributed by atoms with E-state index in [-0.39, 0.29) is 0 Å². The standard InChI is InChI=1S/C3H7P.BH3O3/c1-2-3-4;2-1(3)4/h2H,1,3-4H2;2-4H. The molecule has 3 N–H and O–H groups in total. The van der Waals surface area contributed by atoms with Crippen LogP contribution in [0.2, 0.25) is 0 Å². The van der Waals surface area contributed by atoms with E-state index in [1.165, 1.54) is 0 Å². The van der Waals surface area contributed by atoms with E-state index in [1.54, 1.807) is 0 Å². The summed E-state index contributed by atoms with van der Waals surface area (Å²) in [6, 6.07) is 0. The molecular formula is C3H10BO3P. The molecule has 0 aliphatic carbocycles. The average molecular weight is 136 g/mol. The van der Waals surface area contributed by atoms with Crippen LogP contribution < -0.4 is 0 Å². The van der Waals surface area contributed by atoms with Gasteiger partial charge in [-0.2, -0.15) is 0 Å². The Hall–Kier alpha value is 0.115. The van der Waals surface area contributed by atoms with Gasteiger partial charge >= 0.3 is 7.32 Å². The third kappa shape index (κ3) is 129. The predicted molar refractivity (Wildman–Crippen MR) is 37.2 cm³/mol. The smallest absolute Gasteiger partial charge is 0.402 e. The van der Waals surface area contributed by atoms with Crippen LogP contribution in [0.1, 0.15) is 0 Å². The third-order valence-corrected chi connectivity index (χ3v) is 0.500. The maximum Gasteiger partial charge on any atom is 0.631 e. The summed E-state index contributed by atoms with van der Waals surface area (Å²) in [5.41, 5.74) is 0. The molecule has 0 saturated carbocycles. The second-order valence-electron chi connectivity index (χ2n) is 0.871. The number of allylic oxidation sites excluding steroid dienone is 1. The van der Waals surface area contributed by atoms with E-state index in [1.807, 2.05) is 6.08 Å².